The highest BCUT2D eigenvalue weighted by atomic mass is 16.7. The Hall–Kier alpha value is -3.58. The molecule has 0 radical (unpaired) electrons. The maximum Gasteiger partial charge on any atom is 0.344 e. The van der Waals surface area contributed by atoms with Gasteiger partial charge in [-0.1, -0.05) is 0 Å². The Morgan fingerprint density at radius 2 is 1.56 bits per heavy atom. The molecule has 0 aliphatic carbocycles. The van der Waals surface area contributed by atoms with Crippen LogP contribution >= 0.6 is 0 Å². The van der Waals surface area contributed by atoms with Crippen LogP contribution in [0.4, 0.5) is 0 Å². The number of methoxy groups -OCH3 is 1. The molecule has 168 valence electrons. The standard InChI is InChI=1S/C20H16O12/c1-28-15-7(21)2-5-11-10-6(19(27)32-17(11)15)3-9(13(24)16(10)31-18(5)26)30-20-14(25)12(23)8(22)4-29-20/h2-3,8,12,14,20-25H,4H2,1H3/t8-,12+,14-,20+/m1/s1. The number of hydrogen-bond acceptors (Lipinski definition) is 12. The summed E-state index contributed by atoms with van der Waals surface area (Å²) in [4.78, 5) is 25.3. The second-order valence-corrected chi connectivity index (χ2v) is 7.30. The third-order valence-electron chi connectivity index (χ3n) is 5.42. The summed E-state index contributed by atoms with van der Waals surface area (Å²) in [6.45, 7) is -0.363. The molecule has 1 aliphatic rings. The summed E-state index contributed by atoms with van der Waals surface area (Å²) < 4.78 is 26.2. The molecule has 2 aromatic heterocycles. The first-order chi connectivity index (χ1) is 15.2. The van der Waals surface area contributed by atoms with E-state index in [1.54, 1.807) is 0 Å². The van der Waals surface area contributed by atoms with Crippen LogP contribution in [-0.4, -0.2) is 63.9 Å². The van der Waals surface area contributed by atoms with E-state index < -0.39 is 58.7 Å². The lowest BCUT2D eigenvalue weighted by atomic mass is 10.0. The van der Waals surface area contributed by atoms with Crippen molar-refractivity contribution in [1.29, 1.82) is 0 Å². The predicted molar refractivity (Wildman–Crippen MR) is 105 cm³/mol. The van der Waals surface area contributed by atoms with Crippen molar-refractivity contribution in [3.63, 3.8) is 0 Å². The van der Waals surface area contributed by atoms with Gasteiger partial charge in [0, 0.05) is 10.8 Å². The predicted octanol–water partition coefficient (Wildman–Crippen LogP) is -0.272. The molecule has 1 saturated heterocycles. The maximum absolute atomic E-state index is 12.7. The number of hydrogen-bond donors (Lipinski definition) is 5. The van der Waals surface area contributed by atoms with Gasteiger partial charge in [0.25, 0.3) is 0 Å². The van der Waals surface area contributed by atoms with E-state index >= 15 is 0 Å². The maximum atomic E-state index is 12.7. The van der Waals surface area contributed by atoms with Crippen LogP contribution < -0.4 is 20.7 Å². The highest BCUT2D eigenvalue weighted by Gasteiger charge is 2.39. The molecule has 3 heterocycles. The summed E-state index contributed by atoms with van der Waals surface area (Å²) in [5.74, 6) is -1.73. The first-order valence-electron chi connectivity index (χ1n) is 9.34. The molecule has 0 saturated carbocycles. The molecular weight excluding hydrogens is 432 g/mol. The van der Waals surface area contributed by atoms with Gasteiger partial charge in [-0.05, 0) is 12.1 Å². The zero-order chi connectivity index (χ0) is 22.9. The molecule has 32 heavy (non-hydrogen) atoms. The van der Waals surface area contributed by atoms with Crippen molar-refractivity contribution in [3.05, 3.63) is 33.0 Å². The summed E-state index contributed by atoms with van der Waals surface area (Å²) in [5.41, 5.74) is -2.50. The van der Waals surface area contributed by atoms with E-state index in [1.807, 2.05) is 0 Å². The van der Waals surface area contributed by atoms with E-state index in [2.05, 4.69) is 0 Å². The number of aliphatic hydroxyl groups excluding tert-OH is 3. The van der Waals surface area contributed by atoms with Crippen LogP contribution in [-0.2, 0) is 4.74 Å². The fourth-order valence-electron chi connectivity index (χ4n) is 3.86. The minimum atomic E-state index is -1.68. The van der Waals surface area contributed by atoms with Gasteiger partial charge < -0.3 is 48.6 Å². The molecule has 0 spiro atoms. The van der Waals surface area contributed by atoms with Gasteiger partial charge in [0.15, 0.2) is 22.7 Å². The molecule has 2 aromatic carbocycles. The van der Waals surface area contributed by atoms with Crippen LogP contribution in [0.5, 0.6) is 23.0 Å². The number of phenolic OH excluding ortho intramolecular Hbond substituents is 2. The highest BCUT2D eigenvalue weighted by molar-refractivity contribution is 6.22. The first-order valence-corrected chi connectivity index (χ1v) is 9.34. The lowest BCUT2D eigenvalue weighted by Crippen LogP contribution is -2.54. The topological polar surface area (TPSA) is 189 Å². The summed E-state index contributed by atoms with van der Waals surface area (Å²) >= 11 is 0. The van der Waals surface area contributed by atoms with Gasteiger partial charge in [0.1, 0.15) is 18.3 Å². The van der Waals surface area contributed by atoms with Crippen molar-refractivity contribution >= 4 is 32.7 Å². The molecule has 1 fully saturated rings. The quantitative estimate of drug-likeness (QED) is 0.204. The van der Waals surface area contributed by atoms with Gasteiger partial charge in [0.05, 0.1) is 24.5 Å². The Balaban J connectivity index is 1.78. The minimum absolute atomic E-state index is 0.0227. The largest absolute Gasteiger partial charge is 0.504 e. The van der Waals surface area contributed by atoms with E-state index in [4.69, 9.17) is 23.0 Å². The van der Waals surface area contributed by atoms with Gasteiger partial charge in [-0.3, -0.25) is 0 Å². The molecule has 12 heteroatoms. The molecule has 4 aromatic rings. The van der Waals surface area contributed by atoms with Crippen molar-refractivity contribution in [2.24, 2.45) is 0 Å². The molecule has 0 unspecified atom stereocenters. The Morgan fingerprint density at radius 1 is 0.938 bits per heavy atom. The molecule has 0 amide bonds. The highest BCUT2D eigenvalue weighted by Crippen LogP contribution is 2.45. The van der Waals surface area contributed by atoms with Crippen LogP contribution in [0.1, 0.15) is 0 Å². The normalized spacial score (nSPS) is 23.9. The Morgan fingerprint density at radius 3 is 2.25 bits per heavy atom. The van der Waals surface area contributed by atoms with E-state index in [0.717, 1.165) is 12.1 Å². The fraction of sp³-hybridized carbons (Fsp3) is 0.300. The van der Waals surface area contributed by atoms with Crippen LogP contribution in [0, 0.1) is 0 Å². The van der Waals surface area contributed by atoms with Crippen LogP contribution in [0.25, 0.3) is 32.7 Å². The van der Waals surface area contributed by atoms with Gasteiger partial charge in [-0.25, -0.2) is 9.59 Å². The van der Waals surface area contributed by atoms with E-state index in [9.17, 15) is 35.1 Å². The van der Waals surface area contributed by atoms with E-state index in [-0.39, 0.29) is 39.5 Å². The molecular formula is C20H16O12. The summed E-state index contributed by atoms with van der Waals surface area (Å²) in [6, 6.07) is 2.18. The molecule has 5 N–H and O–H groups in total. The van der Waals surface area contributed by atoms with Crippen molar-refractivity contribution in [2.75, 3.05) is 13.7 Å². The lowest BCUT2D eigenvalue weighted by Gasteiger charge is -2.35. The SMILES string of the molecule is COc1c(O)cc2c(=O)oc3c(O)c(O[C@@H]4OC[C@@H](O)[C@H](O)[C@H]4O)cc4c(=O)oc1c2c34. The number of ether oxygens (including phenoxy) is 3. The molecule has 4 atom stereocenters. The Bertz CT molecular complexity index is 1470. The summed E-state index contributed by atoms with van der Waals surface area (Å²) in [6.07, 6.45) is -6.12. The van der Waals surface area contributed by atoms with Gasteiger partial charge in [-0.2, -0.15) is 0 Å². The second kappa shape index (κ2) is 6.97. The van der Waals surface area contributed by atoms with Crippen LogP contribution in [0.3, 0.4) is 0 Å². The summed E-state index contributed by atoms with van der Waals surface area (Å²) in [7, 11) is 1.23. The Kier molecular flexibility index (Phi) is 4.43. The molecule has 5 rings (SSSR count). The smallest absolute Gasteiger partial charge is 0.344 e. The van der Waals surface area contributed by atoms with Crippen LogP contribution in [0.15, 0.2) is 30.6 Å². The monoisotopic (exact) mass is 448 g/mol. The number of rotatable bonds is 3. The number of aromatic hydroxyl groups is 2. The second-order valence-electron chi connectivity index (χ2n) is 7.30. The van der Waals surface area contributed by atoms with E-state index in [0.29, 0.717) is 0 Å². The van der Waals surface area contributed by atoms with Crippen molar-refractivity contribution in [1.82, 2.24) is 0 Å². The minimum Gasteiger partial charge on any atom is -0.504 e. The fourth-order valence-corrected chi connectivity index (χ4v) is 3.86. The average Bonchev–Trinajstić information content (AvgIpc) is 2.76. The Labute approximate surface area is 176 Å². The lowest BCUT2D eigenvalue weighted by molar-refractivity contribution is -0.242. The number of phenols is 2. The number of aliphatic hydroxyl groups is 3. The summed E-state index contributed by atoms with van der Waals surface area (Å²) in [5, 5.41) is 50.2. The van der Waals surface area contributed by atoms with E-state index in [1.165, 1.54) is 7.11 Å². The third-order valence-corrected chi connectivity index (χ3v) is 5.42. The zero-order valence-corrected chi connectivity index (χ0v) is 16.3. The van der Waals surface area contributed by atoms with Gasteiger partial charge in [-0.15, -0.1) is 0 Å². The van der Waals surface area contributed by atoms with Gasteiger partial charge >= 0.3 is 11.3 Å². The molecule has 1 aliphatic heterocycles. The zero-order valence-electron chi connectivity index (χ0n) is 16.3. The molecule has 0 bridgehead atoms. The average molecular weight is 448 g/mol. The van der Waals surface area contributed by atoms with Crippen LogP contribution in [0.2, 0.25) is 0 Å². The molecule has 12 nitrogen and oxygen atoms in total. The van der Waals surface area contributed by atoms with Crippen molar-refractivity contribution in [3.8, 4) is 23.0 Å². The van der Waals surface area contributed by atoms with Crippen molar-refractivity contribution in [2.45, 2.75) is 24.6 Å². The third kappa shape index (κ3) is 2.71. The van der Waals surface area contributed by atoms with Gasteiger partial charge in [0.2, 0.25) is 17.8 Å². The first kappa shape index (κ1) is 20.3. The van der Waals surface area contributed by atoms with Crippen molar-refractivity contribution < 1.29 is 48.6 Å². The number of benzene rings is 2.